The van der Waals surface area contributed by atoms with Crippen molar-refractivity contribution in [3.63, 3.8) is 0 Å². The Morgan fingerprint density at radius 2 is 1.93 bits per heavy atom. The number of nitrogens with one attached hydrogen (secondary N) is 1. The highest BCUT2D eigenvalue weighted by Gasteiger charge is 2.36. The molecule has 1 aliphatic carbocycles. The van der Waals surface area contributed by atoms with Crippen LogP contribution >= 0.6 is 11.3 Å². The Labute approximate surface area is 169 Å². The number of amides is 2. The maximum absolute atomic E-state index is 12.5. The predicted octanol–water partition coefficient (Wildman–Crippen LogP) is 4.30. The van der Waals surface area contributed by atoms with Crippen molar-refractivity contribution in [1.29, 1.82) is 0 Å². The highest BCUT2D eigenvalue weighted by Crippen LogP contribution is 2.34. The maximum atomic E-state index is 12.5. The first-order valence-electron chi connectivity index (χ1n) is 9.98. The van der Waals surface area contributed by atoms with Crippen molar-refractivity contribution < 1.29 is 14.3 Å². The van der Waals surface area contributed by atoms with Gasteiger partial charge >= 0.3 is 6.09 Å². The van der Waals surface area contributed by atoms with Crippen molar-refractivity contribution in [3.8, 4) is 0 Å². The van der Waals surface area contributed by atoms with Gasteiger partial charge in [-0.05, 0) is 51.8 Å². The lowest BCUT2D eigenvalue weighted by molar-refractivity contribution is 0.00819. The summed E-state index contributed by atoms with van der Waals surface area (Å²) in [5.74, 6) is 0.240. The van der Waals surface area contributed by atoms with Crippen LogP contribution in [0.15, 0.2) is 18.2 Å². The number of carbonyl (C=O) groups excluding carboxylic acids is 2. The van der Waals surface area contributed by atoms with Crippen LogP contribution in [-0.4, -0.2) is 46.6 Å². The van der Waals surface area contributed by atoms with Crippen LogP contribution in [0.2, 0.25) is 0 Å². The third-order valence-corrected chi connectivity index (χ3v) is 6.42. The monoisotopic (exact) mass is 401 g/mol. The standard InChI is InChI=1S/C21H27N3O3S/c1-21(2,3)27-20(26)24-11-14(12-24)19-23-16-9-8-13(10-17(16)28-19)18(25)22-15-6-4-5-7-15/h8-10,14-15H,4-7,11-12H2,1-3H3,(H,22,25). The molecule has 1 aromatic carbocycles. The Morgan fingerprint density at radius 1 is 1.21 bits per heavy atom. The second-order valence-corrected chi connectivity index (χ2v) is 9.83. The molecule has 1 saturated heterocycles. The zero-order valence-electron chi connectivity index (χ0n) is 16.7. The minimum Gasteiger partial charge on any atom is -0.444 e. The number of nitrogens with zero attached hydrogens (tertiary/aromatic N) is 2. The number of hydrogen-bond acceptors (Lipinski definition) is 5. The molecule has 0 radical (unpaired) electrons. The molecule has 1 aromatic heterocycles. The summed E-state index contributed by atoms with van der Waals surface area (Å²) in [6, 6.07) is 6.02. The summed E-state index contributed by atoms with van der Waals surface area (Å²) >= 11 is 1.61. The van der Waals surface area contributed by atoms with E-state index < -0.39 is 5.60 Å². The number of carbonyl (C=O) groups is 2. The lowest BCUT2D eigenvalue weighted by atomic mass is 10.0. The molecule has 2 aliphatic rings. The van der Waals surface area contributed by atoms with Crippen molar-refractivity contribution in [1.82, 2.24) is 15.2 Å². The van der Waals surface area contributed by atoms with Gasteiger partial charge in [0.1, 0.15) is 10.6 Å². The van der Waals surface area contributed by atoms with Crippen LogP contribution in [0, 0.1) is 0 Å². The zero-order chi connectivity index (χ0) is 19.9. The molecule has 0 bridgehead atoms. The van der Waals surface area contributed by atoms with Gasteiger partial charge in [-0.1, -0.05) is 12.8 Å². The molecule has 2 heterocycles. The minimum absolute atomic E-state index is 0.00324. The van der Waals surface area contributed by atoms with Gasteiger partial charge in [0.05, 0.1) is 10.2 Å². The van der Waals surface area contributed by atoms with Gasteiger partial charge in [0.25, 0.3) is 5.91 Å². The van der Waals surface area contributed by atoms with Gasteiger partial charge in [-0.15, -0.1) is 11.3 Å². The van der Waals surface area contributed by atoms with E-state index in [1.165, 1.54) is 12.8 Å². The van der Waals surface area contributed by atoms with Gasteiger partial charge in [-0.25, -0.2) is 9.78 Å². The quantitative estimate of drug-likeness (QED) is 0.832. The Hall–Kier alpha value is -2.15. The molecular formula is C21H27N3O3S. The molecule has 6 nitrogen and oxygen atoms in total. The van der Waals surface area contributed by atoms with E-state index in [9.17, 15) is 9.59 Å². The minimum atomic E-state index is -0.479. The molecule has 4 rings (SSSR count). The third-order valence-electron chi connectivity index (χ3n) is 5.24. The molecule has 7 heteroatoms. The van der Waals surface area contributed by atoms with Crippen LogP contribution < -0.4 is 5.32 Å². The fourth-order valence-corrected chi connectivity index (χ4v) is 4.80. The smallest absolute Gasteiger partial charge is 0.410 e. The lowest BCUT2D eigenvalue weighted by Gasteiger charge is -2.38. The first-order chi connectivity index (χ1) is 13.3. The highest BCUT2D eigenvalue weighted by molar-refractivity contribution is 7.18. The SMILES string of the molecule is CC(C)(C)OC(=O)N1CC(c2nc3ccc(C(=O)NC4CCCC4)cc3s2)C1. The number of rotatable bonds is 3. The Kier molecular flexibility index (Phi) is 5.04. The zero-order valence-corrected chi connectivity index (χ0v) is 17.5. The first kappa shape index (κ1) is 19.2. The number of thiazole rings is 1. The molecule has 28 heavy (non-hydrogen) atoms. The molecule has 1 aliphatic heterocycles. The number of hydrogen-bond donors (Lipinski definition) is 1. The lowest BCUT2D eigenvalue weighted by Crippen LogP contribution is -2.50. The number of likely N-dealkylation sites (tertiary alicyclic amines) is 1. The van der Waals surface area contributed by atoms with Crippen molar-refractivity contribution >= 4 is 33.6 Å². The number of ether oxygens (including phenoxy) is 1. The van der Waals surface area contributed by atoms with Gasteiger partial charge in [0.15, 0.2) is 0 Å². The summed E-state index contributed by atoms with van der Waals surface area (Å²) in [5.41, 5.74) is 1.12. The van der Waals surface area contributed by atoms with Crippen LogP contribution in [0.5, 0.6) is 0 Å². The number of fused-ring (bicyclic) bond motifs is 1. The largest absolute Gasteiger partial charge is 0.444 e. The average Bonchev–Trinajstić information content (AvgIpc) is 3.19. The van der Waals surface area contributed by atoms with Gasteiger partial charge in [-0.2, -0.15) is 0 Å². The summed E-state index contributed by atoms with van der Waals surface area (Å²) < 4.78 is 6.43. The van der Waals surface area contributed by atoms with Crippen LogP contribution in [0.3, 0.4) is 0 Å². The fourth-order valence-electron chi connectivity index (χ4n) is 3.71. The van der Waals surface area contributed by atoms with Crippen LogP contribution in [0.25, 0.3) is 10.2 Å². The van der Waals surface area contributed by atoms with Crippen molar-refractivity contribution in [2.24, 2.45) is 0 Å². The highest BCUT2D eigenvalue weighted by atomic mass is 32.1. The van der Waals surface area contributed by atoms with E-state index in [-0.39, 0.29) is 17.9 Å². The molecule has 2 aromatic rings. The Morgan fingerprint density at radius 3 is 2.61 bits per heavy atom. The topological polar surface area (TPSA) is 71.5 Å². The van der Waals surface area contributed by atoms with E-state index in [0.29, 0.717) is 24.7 Å². The van der Waals surface area contributed by atoms with Crippen LogP contribution in [0.4, 0.5) is 4.79 Å². The van der Waals surface area contributed by atoms with Gasteiger partial charge in [-0.3, -0.25) is 4.79 Å². The van der Waals surface area contributed by atoms with Gasteiger partial charge in [0, 0.05) is 30.6 Å². The molecule has 0 unspecified atom stereocenters. The van der Waals surface area contributed by atoms with E-state index in [4.69, 9.17) is 9.72 Å². The van der Waals surface area contributed by atoms with Crippen molar-refractivity contribution in [2.75, 3.05) is 13.1 Å². The molecule has 0 atom stereocenters. The van der Waals surface area contributed by atoms with Gasteiger partial charge in [0.2, 0.25) is 0 Å². The summed E-state index contributed by atoms with van der Waals surface area (Å²) in [4.78, 5) is 31.0. The van der Waals surface area contributed by atoms with Crippen molar-refractivity contribution in [3.05, 3.63) is 28.8 Å². The van der Waals surface area contributed by atoms with E-state index >= 15 is 0 Å². The second kappa shape index (κ2) is 7.35. The molecule has 150 valence electrons. The van der Waals surface area contributed by atoms with Crippen LogP contribution in [-0.2, 0) is 4.74 Å². The second-order valence-electron chi connectivity index (χ2n) is 8.77. The molecule has 0 spiro atoms. The van der Waals surface area contributed by atoms with Gasteiger partial charge < -0.3 is 15.0 Å². The van der Waals surface area contributed by atoms with E-state index in [1.807, 2.05) is 39.0 Å². The summed E-state index contributed by atoms with van der Waals surface area (Å²) in [6.45, 7) is 6.87. The Balaban J connectivity index is 1.40. The molecule has 1 N–H and O–H groups in total. The van der Waals surface area contributed by atoms with E-state index in [0.717, 1.165) is 28.1 Å². The predicted molar refractivity (Wildman–Crippen MR) is 110 cm³/mol. The number of aromatic nitrogens is 1. The summed E-state index contributed by atoms with van der Waals surface area (Å²) in [5, 5.41) is 4.15. The summed E-state index contributed by atoms with van der Waals surface area (Å²) in [7, 11) is 0. The average molecular weight is 402 g/mol. The summed E-state index contributed by atoms with van der Waals surface area (Å²) in [6.07, 6.45) is 4.28. The maximum Gasteiger partial charge on any atom is 0.410 e. The molecular weight excluding hydrogens is 374 g/mol. The van der Waals surface area contributed by atoms with Crippen LogP contribution in [0.1, 0.15) is 67.7 Å². The first-order valence-corrected chi connectivity index (χ1v) is 10.8. The molecule has 2 amide bonds. The van der Waals surface area contributed by atoms with E-state index in [1.54, 1.807) is 16.2 Å². The van der Waals surface area contributed by atoms with E-state index in [2.05, 4.69) is 5.32 Å². The number of benzene rings is 1. The molecule has 2 fully saturated rings. The Bertz CT molecular complexity index is 890. The molecule has 1 saturated carbocycles. The van der Waals surface area contributed by atoms with Crippen molar-refractivity contribution in [2.45, 2.75) is 64.0 Å². The fraction of sp³-hybridized carbons (Fsp3) is 0.571. The third kappa shape index (κ3) is 4.14. The normalized spacial score (nSPS) is 18.3.